The van der Waals surface area contributed by atoms with Gasteiger partial charge in [-0.1, -0.05) is 37.3 Å². The molecule has 3 heteroatoms. The Kier molecular flexibility index (Phi) is 6.12. The fourth-order valence-corrected chi connectivity index (χ4v) is 1.74. The van der Waals surface area contributed by atoms with E-state index in [-0.39, 0.29) is 17.7 Å². The van der Waals surface area contributed by atoms with E-state index in [1.807, 2.05) is 37.3 Å². The number of esters is 1. The smallest absolute Gasteiger partial charge is 0.302 e. The first-order valence-corrected chi connectivity index (χ1v) is 6.27. The fraction of sp³-hybridized carbons (Fsp3) is 0.467. The van der Waals surface area contributed by atoms with Crippen molar-refractivity contribution in [3.05, 3.63) is 35.9 Å². The van der Waals surface area contributed by atoms with Gasteiger partial charge in [-0.2, -0.15) is 0 Å². The SMILES string of the molecule is CC(=O)OC[C@H](C)CC(=O)CCc1ccccc1. The van der Waals surface area contributed by atoms with Crippen LogP contribution in [0.3, 0.4) is 0 Å². The van der Waals surface area contributed by atoms with Gasteiger partial charge in [-0.05, 0) is 17.9 Å². The lowest BCUT2D eigenvalue weighted by atomic mass is 10.0. The van der Waals surface area contributed by atoms with E-state index >= 15 is 0 Å². The molecule has 1 aromatic carbocycles. The molecule has 18 heavy (non-hydrogen) atoms. The number of carbonyl (C=O) groups excluding carboxylic acids is 2. The van der Waals surface area contributed by atoms with Crippen LogP contribution in [0.25, 0.3) is 0 Å². The summed E-state index contributed by atoms with van der Waals surface area (Å²) < 4.78 is 4.88. The second kappa shape index (κ2) is 7.64. The van der Waals surface area contributed by atoms with Crippen molar-refractivity contribution < 1.29 is 14.3 Å². The molecule has 3 nitrogen and oxygen atoms in total. The van der Waals surface area contributed by atoms with Gasteiger partial charge in [0.05, 0.1) is 6.61 Å². The molecule has 0 heterocycles. The molecule has 1 rings (SSSR count). The second-order valence-electron chi connectivity index (χ2n) is 4.64. The molecular formula is C15H20O3. The van der Waals surface area contributed by atoms with Crippen LogP contribution in [-0.4, -0.2) is 18.4 Å². The minimum Gasteiger partial charge on any atom is -0.466 e. The Morgan fingerprint density at radius 3 is 2.50 bits per heavy atom. The molecule has 0 aliphatic heterocycles. The molecule has 0 unspecified atom stereocenters. The molecule has 0 N–H and O–H groups in total. The van der Waals surface area contributed by atoms with Crippen LogP contribution in [-0.2, 0) is 20.7 Å². The van der Waals surface area contributed by atoms with Gasteiger partial charge in [0, 0.05) is 19.8 Å². The second-order valence-corrected chi connectivity index (χ2v) is 4.64. The standard InChI is InChI=1S/C15H20O3/c1-12(11-18-13(2)16)10-15(17)9-8-14-6-4-3-5-7-14/h3-7,12H,8-11H2,1-2H3/t12-/m1/s1. The molecule has 0 aromatic heterocycles. The van der Waals surface area contributed by atoms with E-state index in [0.717, 1.165) is 6.42 Å². The van der Waals surface area contributed by atoms with Gasteiger partial charge in [0.1, 0.15) is 5.78 Å². The Hall–Kier alpha value is -1.64. The molecule has 98 valence electrons. The molecule has 0 amide bonds. The number of hydrogen-bond donors (Lipinski definition) is 0. The zero-order valence-electron chi connectivity index (χ0n) is 11.0. The number of rotatable bonds is 7. The summed E-state index contributed by atoms with van der Waals surface area (Å²) in [5.41, 5.74) is 1.18. The molecule has 0 saturated carbocycles. The highest BCUT2D eigenvalue weighted by Gasteiger charge is 2.10. The first-order valence-electron chi connectivity index (χ1n) is 6.27. The van der Waals surface area contributed by atoms with E-state index in [1.165, 1.54) is 12.5 Å². The van der Waals surface area contributed by atoms with Crippen LogP contribution in [0.2, 0.25) is 0 Å². The lowest BCUT2D eigenvalue weighted by molar-refractivity contribution is -0.142. The summed E-state index contributed by atoms with van der Waals surface area (Å²) >= 11 is 0. The van der Waals surface area contributed by atoms with Gasteiger partial charge in [0.2, 0.25) is 0 Å². The quantitative estimate of drug-likeness (QED) is 0.697. The van der Waals surface area contributed by atoms with Gasteiger partial charge in [0.25, 0.3) is 0 Å². The molecule has 0 aliphatic rings. The third kappa shape index (κ3) is 6.18. The average Bonchev–Trinajstić information content (AvgIpc) is 2.35. The van der Waals surface area contributed by atoms with Crippen molar-refractivity contribution in [3.63, 3.8) is 0 Å². The van der Waals surface area contributed by atoms with Crippen molar-refractivity contribution in [2.45, 2.75) is 33.1 Å². The first kappa shape index (κ1) is 14.4. The third-order valence-electron chi connectivity index (χ3n) is 2.68. The van der Waals surface area contributed by atoms with Gasteiger partial charge in [-0.25, -0.2) is 0 Å². The number of Topliss-reactive ketones (excluding diaryl/α,β-unsaturated/α-hetero) is 1. The molecule has 0 spiro atoms. The van der Waals surface area contributed by atoms with E-state index in [4.69, 9.17) is 4.74 Å². The van der Waals surface area contributed by atoms with E-state index in [0.29, 0.717) is 19.4 Å². The van der Waals surface area contributed by atoms with E-state index in [2.05, 4.69) is 0 Å². The highest BCUT2D eigenvalue weighted by molar-refractivity contribution is 5.78. The van der Waals surface area contributed by atoms with Crippen molar-refractivity contribution >= 4 is 11.8 Å². The predicted octanol–water partition coefficient (Wildman–Crippen LogP) is 2.78. The minimum absolute atomic E-state index is 0.0946. The maximum atomic E-state index is 11.7. The van der Waals surface area contributed by atoms with Crippen LogP contribution in [0.1, 0.15) is 32.3 Å². The molecule has 1 aromatic rings. The maximum Gasteiger partial charge on any atom is 0.302 e. The van der Waals surface area contributed by atoms with Crippen LogP contribution in [0.4, 0.5) is 0 Å². The zero-order chi connectivity index (χ0) is 13.4. The summed E-state index contributed by atoms with van der Waals surface area (Å²) in [6, 6.07) is 9.96. The normalized spacial score (nSPS) is 11.9. The number of benzene rings is 1. The van der Waals surface area contributed by atoms with Crippen molar-refractivity contribution in [3.8, 4) is 0 Å². The Balaban J connectivity index is 2.23. The molecule has 0 saturated heterocycles. The van der Waals surface area contributed by atoms with Crippen LogP contribution in [0.5, 0.6) is 0 Å². The third-order valence-corrected chi connectivity index (χ3v) is 2.68. The van der Waals surface area contributed by atoms with E-state index < -0.39 is 0 Å². The summed E-state index contributed by atoms with van der Waals surface area (Å²) in [7, 11) is 0. The predicted molar refractivity (Wildman–Crippen MR) is 70.2 cm³/mol. The summed E-state index contributed by atoms with van der Waals surface area (Å²) in [6.07, 6.45) is 1.80. The Morgan fingerprint density at radius 1 is 1.22 bits per heavy atom. The van der Waals surface area contributed by atoms with Gasteiger partial charge in [-0.3, -0.25) is 9.59 Å². The van der Waals surface area contributed by atoms with E-state index in [1.54, 1.807) is 0 Å². The highest BCUT2D eigenvalue weighted by atomic mass is 16.5. The Bertz CT molecular complexity index is 384. The molecule has 0 aliphatic carbocycles. The lowest BCUT2D eigenvalue weighted by Crippen LogP contribution is -2.14. The summed E-state index contributed by atoms with van der Waals surface area (Å²) in [5, 5.41) is 0. The first-order chi connectivity index (χ1) is 8.58. The summed E-state index contributed by atoms with van der Waals surface area (Å²) in [5.74, 6) is 0.0225. The Labute approximate surface area is 108 Å². The van der Waals surface area contributed by atoms with Crippen LogP contribution < -0.4 is 0 Å². The van der Waals surface area contributed by atoms with Gasteiger partial charge in [-0.15, -0.1) is 0 Å². The molecule has 0 radical (unpaired) electrons. The summed E-state index contributed by atoms with van der Waals surface area (Å²) in [6.45, 7) is 3.62. The van der Waals surface area contributed by atoms with Crippen LogP contribution >= 0.6 is 0 Å². The van der Waals surface area contributed by atoms with Crippen LogP contribution in [0.15, 0.2) is 30.3 Å². The highest BCUT2D eigenvalue weighted by Crippen LogP contribution is 2.09. The van der Waals surface area contributed by atoms with Crippen molar-refractivity contribution in [1.82, 2.24) is 0 Å². The molecule has 1 atom stereocenters. The number of ether oxygens (including phenoxy) is 1. The number of carbonyl (C=O) groups is 2. The van der Waals surface area contributed by atoms with Crippen molar-refractivity contribution in [1.29, 1.82) is 0 Å². The molecule has 0 bridgehead atoms. The number of hydrogen-bond acceptors (Lipinski definition) is 3. The average molecular weight is 248 g/mol. The zero-order valence-corrected chi connectivity index (χ0v) is 11.0. The molecule has 0 fully saturated rings. The minimum atomic E-state index is -0.293. The number of aryl methyl sites for hydroxylation is 1. The summed E-state index contributed by atoms with van der Waals surface area (Å²) in [4.78, 5) is 22.4. The van der Waals surface area contributed by atoms with Gasteiger partial charge in [0.15, 0.2) is 0 Å². The molecular weight excluding hydrogens is 228 g/mol. The Morgan fingerprint density at radius 2 is 1.89 bits per heavy atom. The van der Waals surface area contributed by atoms with E-state index in [9.17, 15) is 9.59 Å². The lowest BCUT2D eigenvalue weighted by Gasteiger charge is -2.10. The van der Waals surface area contributed by atoms with Gasteiger partial charge < -0.3 is 4.74 Å². The largest absolute Gasteiger partial charge is 0.466 e. The monoisotopic (exact) mass is 248 g/mol. The topological polar surface area (TPSA) is 43.4 Å². The van der Waals surface area contributed by atoms with Crippen molar-refractivity contribution in [2.75, 3.05) is 6.61 Å². The van der Waals surface area contributed by atoms with Gasteiger partial charge >= 0.3 is 5.97 Å². The fourth-order valence-electron chi connectivity index (χ4n) is 1.74. The van der Waals surface area contributed by atoms with Crippen molar-refractivity contribution in [2.24, 2.45) is 5.92 Å². The maximum absolute atomic E-state index is 11.7. The van der Waals surface area contributed by atoms with Crippen LogP contribution in [0, 0.1) is 5.92 Å². The number of ketones is 1.